The summed E-state index contributed by atoms with van der Waals surface area (Å²) in [7, 11) is 0. The maximum Gasteiger partial charge on any atom is 0.314 e. The Bertz CT molecular complexity index is 2390. The van der Waals surface area contributed by atoms with Gasteiger partial charge < -0.3 is 159 Å². The van der Waals surface area contributed by atoms with E-state index in [1.165, 1.54) is 0 Å². The van der Waals surface area contributed by atoms with Gasteiger partial charge in [0.2, 0.25) is 6.29 Å². The third-order valence-corrected chi connectivity index (χ3v) is 21.3. The van der Waals surface area contributed by atoms with E-state index in [0.29, 0.717) is 44.1 Å². The summed E-state index contributed by atoms with van der Waals surface area (Å²) in [5.74, 6) is -1.44. The standard InChI is InChI=1S/C56H90O33/c1-19-11-55-9-5-26-53(2,7-4-8-54(26,3)52(77)88-50-44(86-48-40(75)36(71)30(65)22(14-59)80-48)42(32(67)24(16-61)82-50)84-46-38(73)34(69)28(63)20(12-57)78-46)27(55)6-10-56(19,18-55)89-51-45(87-49-41(76)37(72)31(66)23(15-60)81-49)43(33(68)25(17-62)83-51)85-47-39(74)35(70)29(64)21(13-58)79-47/h20-51,57-76H,1,4-18H2,2-3H3/t20-,21-,22-,23-,24-,25-,26+,27?,28-,29-,30-,31-,32-,33-,34+,35+,36+,37+,38-,39-,40-,41-,42+,43+,44-,45-,46+,47+,48+,49+,50+,51+,53-,54-,55-,56-/m1/s1. The number of rotatable bonds is 18. The second kappa shape index (κ2) is 27.2. The van der Waals surface area contributed by atoms with Crippen LogP contribution in [0.4, 0.5) is 0 Å². The second-order valence-corrected chi connectivity index (χ2v) is 26.4. The number of aliphatic hydroxyl groups is 20. The molecule has 1 unspecified atom stereocenters. The summed E-state index contributed by atoms with van der Waals surface area (Å²) in [6.45, 7) is 3.03. The van der Waals surface area contributed by atoms with Crippen molar-refractivity contribution in [3.63, 3.8) is 0 Å². The molecular weight excluding hydrogens is 1200 g/mol. The first-order valence-corrected chi connectivity index (χ1v) is 30.4. The summed E-state index contributed by atoms with van der Waals surface area (Å²) in [6, 6.07) is 0. The van der Waals surface area contributed by atoms with E-state index in [9.17, 15) is 102 Å². The van der Waals surface area contributed by atoms with Crippen molar-refractivity contribution in [1.29, 1.82) is 0 Å². The summed E-state index contributed by atoms with van der Waals surface area (Å²) >= 11 is 0. The Morgan fingerprint density at radius 2 is 0.775 bits per heavy atom. The van der Waals surface area contributed by atoms with E-state index >= 15 is 4.79 Å². The number of ether oxygens (including phenoxy) is 12. The van der Waals surface area contributed by atoms with Crippen LogP contribution in [0.1, 0.15) is 71.6 Å². The van der Waals surface area contributed by atoms with Crippen LogP contribution in [0, 0.1) is 28.1 Å². The van der Waals surface area contributed by atoms with Crippen LogP contribution in [0.2, 0.25) is 0 Å². The topological polar surface area (TPSA) is 532 Å². The number of hydrogen-bond donors (Lipinski definition) is 20. The SMILES string of the molecule is C=C1C[C@@]23CC[C@@H]4[C@](C)(C(=O)O[C@@H]5O[C@H](CO)[C@@H](O)[C@H](O[C@@H]6O[C@H](CO)[C@@H](O)[C@H](O)[C@H]6O)[C@H]5O[C@@H]5O[C@H](CO)[C@@H](O)[C@H](O)[C@H]5O)CCC[C@@]4(C)C2CC[C@@]1(O[C@@H]1O[C@H](CO)[C@@H](O)[C@H](O[C@@H]2O[C@H](CO)[C@@H](O)[C@H](O)[C@H]2O)[C@H]1O[C@@H]1O[C@H](CO)[C@@H](O)[C@H](O)[C@H]1O)C3. The van der Waals surface area contributed by atoms with Gasteiger partial charge in [-0.15, -0.1) is 0 Å². The highest BCUT2D eigenvalue weighted by Crippen LogP contribution is 2.74. The Hall–Kier alpha value is -2.03. The van der Waals surface area contributed by atoms with Crippen molar-refractivity contribution in [2.45, 2.75) is 261 Å². The molecule has 0 radical (unpaired) electrons. The predicted molar refractivity (Wildman–Crippen MR) is 284 cm³/mol. The fourth-order valence-corrected chi connectivity index (χ4v) is 16.4. The van der Waals surface area contributed by atoms with Crippen LogP contribution < -0.4 is 0 Å². The smallest absolute Gasteiger partial charge is 0.314 e. The number of hydrogen-bond acceptors (Lipinski definition) is 33. The van der Waals surface area contributed by atoms with Crippen LogP contribution in [0.3, 0.4) is 0 Å². The molecule has 89 heavy (non-hydrogen) atoms. The molecule has 512 valence electrons. The summed E-state index contributed by atoms with van der Waals surface area (Å²) in [6.07, 6.45) is -51.9. The fraction of sp³-hybridized carbons (Fsp3) is 0.946. The molecule has 10 fully saturated rings. The monoisotopic (exact) mass is 1290 g/mol. The van der Waals surface area contributed by atoms with Crippen molar-refractivity contribution in [1.82, 2.24) is 0 Å². The molecule has 6 saturated heterocycles. The summed E-state index contributed by atoms with van der Waals surface area (Å²) < 4.78 is 72.9. The van der Waals surface area contributed by atoms with E-state index in [-0.39, 0.29) is 25.2 Å². The zero-order valence-corrected chi connectivity index (χ0v) is 49.0. The zero-order chi connectivity index (χ0) is 64.7. The van der Waals surface area contributed by atoms with Crippen LogP contribution in [0.25, 0.3) is 0 Å². The van der Waals surface area contributed by atoms with Gasteiger partial charge in [0.1, 0.15) is 140 Å². The number of carbonyl (C=O) groups excluding carboxylic acids is 1. The minimum atomic E-state index is -2.08. The Morgan fingerprint density at radius 1 is 0.427 bits per heavy atom. The summed E-state index contributed by atoms with van der Waals surface area (Å²) in [5.41, 5.74) is -3.24. The van der Waals surface area contributed by atoms with Gasteiger partial charge in [0.25, 0.3) is 0 Å². The lowest BCUT2D eigenvalue weighted by Crippen LogP contribution is -2.68. The Kier molecular flexibility index (Phi) is 21.4. The van der Waals surface area contributed by atoms with Gasteiger partial charge in [-0.25, -0.2) is 0 Å². The van der Waals surface area contributed by atoms with Crippen LogP contribution in [-0.2, 0) is 61.6 Å². The first-order valence-electron chi connectivity index (χ1n) is 30.4. The molecule has 6 aliphatic heterocycles. The lowest BCUT2D eigenvalue weighted by molar-refractivity contribution is -0.400. The van der Waals surface area contributed by atoms with Gasteiger partial charge in [0.15, 0.2) is 37.6 Å². The first kappa shape index (κ1) is 69.8. The number of aliphatic hydroxyl groups excluding tert-OH is 20. The second-order valence-electron chi connectivity index (χ2n) is 26.4. The largest absolute Gasteiger partial charge is 0.432 e. The van der Waals surface area contributed by atoms with Crippen LogP contribution in [-0.4, -0.2) is 338 Å². The molecule has 33 nitrogen and oxygen atoms in total. The molecule has 0 aromatic heterocycles. The molecule has 20 N–H and O–H groups in total. The van der Waals surface area contributed by atoms with E-state index in [1.54, 1.807) is 6.92 Å². The Morgan fingerprint density at radius 3 is 1.18 bits per heavy atom. The average Bonchev–Trinajstić information content (AvgIpc) is 1.62. The van der Waals surface area contributed by atoms with Gasteiger partial charge in [0, 0.05) is 0 Å². The van der Waals surface area contributed by atoms with Crippen molar-refractivity contribution >= 4 is 5.97 Å². The van der Waals surface area contributed by atoms with Gasteiger partial charge in [0.05, 0.1) is 50.7 Å². The number of esters is 1. The molecule has 0 amide bonds. The van der Waals surface area contributed by atoms with Gasteiger partial charge in [-0.2, -0.15) is 0 Å². The molecule has 0 aromatic carbocycles. The van der Waals surface area contributed by atoms with Crippen molar-refractivity contribution in [2.24, 2.45) is 28.1 Å². The number of carbonyl (C=O) groups is 1. The minimum absolute atomic E-state index is 0.154. The Balaban J connectivity index is 0.921. The summed E-state index contributed by atoms with van der Waals surface area (Å²) in [5, 5.41) is 215. The highest BCUT2D eigenvalue weighted by molar-refractivity contribution is 5.77. The Labute approximate surface area is 509 Å². The van der Waals surface area contributed by atoms with E-state index in [1.807, 2.05) is 0 Å². The quantitative estimate of drug-likeness (QED) is 0.0344. The van der Waals surface area contributed by atoms with E-state index in [4.69, 9.17) is 56.8 Å². The van der Waals surface area contributed by atoms with Crippen molar-refractivity contribution in [3.05, 3.63) is 12.2 Å². The number of fused-ring (bicyclic) bond motifs is 3. The molecule has 10 aliphatic rings. The lowest BCUT2D eigenvalue weighted by atomic mass is 9.41. The van der Waals surface area contributed by atoms with E-state index in [0.717, 1.165) is 0 Å². The van der Waals surface area contributed by atoms with Gasteiger partial charge in [-0.05, 0) is 86.5 Å². The maximum absolute atomic E-state index is 15.4. The van der Waals surface area contributed by atoms with Gasteiger partial charge >= 0.3 is 5.97 Å². The molecule has 0 aromatic rings. The zero-order valence-electron chi connectivity index (χ0n) is 49.0. The third kappa shape index (κ3) is 12.3. The molecule has 36 atom stereocenters. The fourth-order valence-electron chi connectivity index (χ4n) is 16.4. The predicted octanol–water partition coefficient (Wildman–Crippen LogP) is -9.47. The molecule has 4 saturated carbocycles. The molecule has 1 spiro atoms. The minimum Gasteiger partial charge on any atom is -0.432 e. The molecule has 10 rings (SSSR count). The normalized spacial score (nSPS) is 54.5. The molecule has 33 heteroatoms. The maximum atomic E-state index is 15.4. The molecular formula is C56H90O33. The molecule has 4 aliphatic carbocycles. The highest BCUT2D eigenvalue weighted by Gasteiger charge is 2.70. The van der Waals surface area contributed by atoms with Gasteiger partial charge in [-0.1, -0.05) is 19.9 Å². The van der Waals surface area contributed by atoms with Crippen molar-refractivity contribution in [2.75, 3.05) is 39.6 Å². The molecule has 2 bridgehead atoms. The van der Waals surface area contributed by atoms with Crippen LogP contribution in [0.15, 0.2) is 12.2 Å². The van der Waals surface area contributed by atoms with Gasteiger partial charge in [-0.3, -0.25) is 4.79 Å². The van der Waals surface area contributed by atoms with Crippen molar-refractivity contribution in [3.8, 4) is 0 Å². The van der Waals surface area contributed by atoms with Crippen LogP contribution in [0.5, 0.6) is 0 Å². The average molecular weight is 1290 g/mol. The van der Waals surface area contributed by atoms with Crippen LogP contribution >= 0.6 is 0 Å². The lowest BCUT2D eigenvalue weighted by Gasteiger charge is -2.64. The van der Waals surface area contributed by atoms with E-state index < -0.39 is 258 Å². The molecule has 6 heterocycles. The van der Waals surface area contributed by atoms with Crippen molar-refractivity contribution < 1.29 is 164 Å². The summed E-state index contributed by atoms with van der Waals surface area (Å²) in [4.78, 5) is 15.4. The highest BCUT2D eigenvalue weighted by atomic mass is 16.8. The third-order valence-electron chi connectivity index (χ3n) is 21.3. The van der Waals surface area contributed by atoms with E-state index in [2.05, 4.69) is 13.5 Å². The first-order chi connectivity index (χ1) is 42.1.